The zero-order valence-electron chi connectivity index (χ0n) is 10.2. The topological polar surface area (TPSA) is 38.5 Å². The fourth-order valence-corrected chi connectivity index (χ4v) is 2.13. The third-order valence-electron chi connectivity index (χ3n) is 3.22. The van der Waals surface area contributed by atoms with Gasteiger partial charge in [-0.25, -0.2) is 0 Å². The molecule has 1 fully saturated rings. The SMILES string of the molecule is CCCCCCC1OC1CCCCCN. The smallest absolute Gasteiger partial charge is 0.0841 e. The Morgan fingerprint density at radius 1 is 0.867 bits per heavy atom. The van der Waals surface area contributed by atoms with Crippen molar-refractivity contribution in [3.05, 3.63) is 0 Å². The van der Waals surface area contributed by atoms with Gasteiger partial charge in [0.2, 0.25) is 0 Å². The van der Waals surface area contributed by atoms with E-state index < -0.39 is 0 Å². The summed E-state index contributed by atoms with van der Waals surface area (Å²) in [6.45, 7) is 3.10. The number of hydrogen-bond donors (Lipinski definition) is 1. The molecular formula is C13H27NO. The van der Waals surface area contributed by atoms with Crippen molar-refractivity contribution in [2.45, 2.75) is 76.9 Å². The van der Waals surface area contributed by atoms with Gasteiger partial charge in [0.05, 0.1) is 12.2 Å². The molecule has 15 heavy (non-hydrogen) atoms. The third kappa shape index (κ3) is 6.16. The van der Waals surface area contributed by atoms with E-state index in [4.69, 9.17) is 10.5 Å². The molecule has 0 spiro atoms. The molecule has 1 heterocycles. The summed E-state index contributed by atoms with van der Waals surface area (Å²) in [5.74, 6) is 0. The lowest BCUT2D eigenvalue weighted by molar-refractivity contribution is 0.348. The number of epoxide rings is 1. The minimum atomic E-state index is 0.601. The summed E-state index contributed by atoms with van der Waals surface area (Å²) in [5, 5.41) is 0. The summed E-state index contributed by atoms with van der Waals surface area (Å²) < 4.78 is 5.65. The molecule has 1 rings (SSSR count). The van der Waals surface area contributed by atoms with Crippen LogP contribution in [0.2, 0.25) is 0 Å². The minimum absolute atomic E-state index is 0.601. The van der Waals surface area contributed by atoms with E-state index in [1.54, 1.807) is 0 Å². The Balaban J connectivity index is 1.81. The van der Waals surface area contributed by atoms with Crippen LogP contribution in [0.25, 0.3) is 0 Å². The molecule has 1 aliphatic heterocycles. The van der Waals surface area contributed by atoms with Crippen LogP contribution >= 0.6 is 0 Å². The van der Waals surface area contributed by atoms with Gasteiger partial charge in [0, 0.05) is 0 Å². The quantitative estimate of drug-likeness (QED) is 0.447. The molecule has 90 valence electrons. The fourth-order valence-electron chi connectivity index (χ4n) is 2.13. The van der Waals surface area contributed by atoms with Gasteiger partial charge < -0.3 is 10.5 Å². The normalized spacial score (nSPS) is 24.4. The Hall–Kier alpha value is -0.0800. The van der Waals surface area contributed by atoms with E-state index in [0.717, 1.165) is 6.54 Å². The maximum atomic E-state index is 5.65. The van der Waals surface area contributed by atoms with Crippen LogP contribution in [0.1, 0.15) is 64.7 Å². The molecule has 2 N–H and O–H groups in total. The molecule has 0 aliphatic carbocycles. The van der Waals surface area contributed by atoms with Gasteiger partial charge in [0.25, 0.3) is 0 Å². The molecular weight excluding hydrogens is 186 g/mol. The van der Waals surface area contributed by atoms with Crippen molar-refractivity contribution >= 4 is 0 Å². The Morgan fingerprint density at radius 3 is 2.00 bits per heavy atom. The van der Waals surface area contributed by atoms with Crippen molar-refractivity contribution in [1.29, 1.82) is 0 Å². The molecule has 2 unspecified atom stereocenters. The van der Waals surface area contributed by atoms with Crippen LogP contribution < -0.4 is 5.73 Å². The number of hydrogen-bond acceptors (Lipinski definition) is 2. The molecule has 0 aromatic rings. The second-order valence-corrected chi connectivity index (χ2v) is 4.70. The van der Waals surface area contributed by atoms with E-state index >= 15 is 0 Å². The van der Waals surface area contributed by atoms with Gasteiger partial charge in [0.15, 0.2) is 0 Å². The second kappa shape index (κ2) is 8.12. The summed E-state index contributed by atoms with van der Waals surface area (Å²) in [4.78, 5) is 0. The molecule has 0 aromatic carbocycles. The van der Waals surface area contributed by atoms with Gasteiger partial charge in [-0.2, -0.15) is 0 Å². The van der Waals surface area contributed by atoms with Crippen LogP contribution in [0.4, 0.5) is 0 Å². The van der Waals surface area contributed by atoms with Crippen molar-refractivity contribution in [2.24, 2.45) is 5.73 Å². The zero-order chi connectivity index (χ0) is 10.9. The van der Waals surface area contributed by atoms with Crippen molar-refractivity contribution in [3.63, 3.8) is 0 Å². The Morgan fingerprint density at radius 2 is 1.47 bits per heavy atom. The minimum Gasteiger partial charge on any atom is -0.370 e. The lowest BCUT2D eigenvalue weighted by atomic mass is 10.1. The van der Waals surface area contributed by atoms with Gasteiger partial charge in [-0.05, 0) is 25.8 Å². The van der Waals surface area contributed by atoms with E-state index in [2.05, 4.69) is 6.92 Å². The van der Waals surface area contributed by atoms with Crippen LogP contribution in [-0.4, -0.2) is 18.8 Å². The Kier molecular flexibility index (Phi) is 7.03. The highest BCUT2D eigenvalue weighted by Gasteiger charge is 2.36. The van der Waals surface area contributed by atoms with Crippen molar-refractivity contribution < 1.29 is 4.74 Å². The third-order valence-corrected chi connectivity index (χ3v) is 3.22. The molecule has 1 saturated heterocycles. The highest BCUT2D eigenvalue weighted by molar-refractivity contribution is 4.84. The molecule has 0 aromatic heterocycles. The average Bonchev–Trinajstić information content (AvgIpc) is 2.99. The van der Waals surface area contributed by atoms with Crippen LogP contribution in [-0.2, 0) is 4.74 Å². The first-order chi connectivity index (χ1) is 7.38. The molecule has 0 saturated carbocycles. The fraction of sp³-hybridized carbons (Fsp3) is 1.00. The van der Waals surface area contributed by atoms with Gasteiger partial charge in [-0.15, -0.1) is 0 Å². The zero-order valence-corrected chi connectivity index (χ0v) is 10.2. The van der Waals surface area contributed by atoms with Crippen molar-refractivity contribution in [1.82, 2.24) is 0 Å². The number of rotatable bonds is 10. The Labute approximate surface area is 94.6 Å². The summed E-state index contributed by atoms with van der Waals surface area (Å²) >= 11 is 0. The highest BCUT2D eigenvalue weighted by Crippen LogP contribution is 2.31. The average molecular weight is 213 g/mol. The highest BCUT2D eigenvalue weighted by atomic mass is 16.6. The van der Waals surface area contributed by atoms with E-state index in [0.29, 0.717) is 12.2 Å². The van der Waals surface area contributed by atoms with Gasteiger partial charge in [0.1, 0.15) is 0 Å². The van der Waals surface area contributed by atoms with Crippen LogP contribution in [0.5, 0.6) is 0 Å². The van der Waals surface area contributed by atoms with Crippen molar-refractivity contribution in [3.8, 4) is 0 Å². The summed E-state index contributed by atoms with van der Waals surface area (Å²) in [6, 6.07) is 0. The number of nitrogens with two attached hydrogens (primary N) is 1. The first-order valence-electron chi connectivity index (χ1n) is 6.74. The lowest BCUT2D eigenvalue weighted by Gasteiger charge is -1.97. The van der Waals surface area contributed by atoms with E-state index in [1.807, 2.05) is 0 Å². The molecule has 2 nitrogen and oxygen atoms in total. The van der Waals surface area contributed by atoms with Gasteiger partial charge >= 0.3 is 0 Å². The van der Waals surface area contributed by atoms with Crippen molar-refractivity contribution in [2.75, 3.05) is 6.54 Å². The van der Waals surface area contributed by atoms with E-state index in [-0.39, 0.29) is 0 Å². The molecule has 0 radical (unpaired) electrons. The molecule has 0 bridgehead atoms. The number of unbranched alkanes of at least 4 members (excludes halogenated alkanes) is 5. The standard InChI is InChI=1S/C13H27NO/c1-2-3-4-6-9-12-13(15-12)10-7-5-8-11-14/h12-13H,2-11,14H2,1H3. The number of ether oxygens (including phenoxy) is 1. The maximum absolute atomic E-state index is 5.65. The first-order valence-corrected chi connectivity index (χ1v) is 6.74. The molecule has 0 amide bonds. The lowest BCUT2D eigenvalue weighted by Crippen LogP contribution is -1.99. The first kappa shape index (κ1) is 13.0. The summed E-state index contributed by atoms with van der Waals surface area (Å²) in [5.41, 5.74) is 5.45. The molecule has 2 heteroatoms. The second-order valence-electron chi connectivity index (χ2n) is 4.70. The predicted octanol–water partition coefficient (Wildman–Crippen LogP) is 3.24. The van der Waals surface area contributed by atoms with Crippen LogP contribution in [0.3, 0.4) is 0 Å². The maximum Gasteiger partial charge on any atom is 0.0841 e. The van der Waals surface area contributed by atoms with E-state index in [9.17, 15) is 0 Å². The Bertz CT molecular complexity index is 133. The molecule has 1 aliphatic rings. The van der Waals surface area contributed by atoms with Gasteiger partial charge in [-0.3, -0.25) is 0 Å². The largest absolute Gasteiger partial charge is 0.370 e. The van der Waals surface area contributed by atoms with E-state index in [1.165, 1.54) is 57.8 Å². The van der Waals surface area contributed by atoms with Gasteiger partial charge in [-0.1, -0.05) is 45.4 Å². The summed E-state index contributed by atoms with van der Waals surface area (Å²) in [6.07, 6.45) is 13.0. The van der Waals surface area contributed by atoms with Crippen LogP contribution in [0.15, 0.2) is 0 Å². The summed E-state index contributed by atoms with van der Waals surface area (Å²) in [7, 11) is 0. The van der Waals surface area contributed by atoms with Crippen LogP contribution in [0, 0.1) is 0 Å². The monoisotopic (exact) mass is 213 g/mol. The molecule has 2 atom stereocenters. The predicted molar refractivity (Wildman–Crippen MR) is 64.9 cm³/mol.